The van der Waals surface area contributed by atoms with Gasteiger partial charge in [-0.2, -0.15) is 0 Å². The molecule has 3 rings (SSSR count). The highest BCUT2D eigenvalue weighted by Gasteiger charge is 2.11. The first-order chi connectivity index (χ1) is 12.0. The van der Waals surface area contributed by atoms with Gasteiger partial charge in [0.15, 0.2) is 0 Å². The van der Waals surface area contributed by atoms with Gasteiger partial charge in [0, 0.05) is 12.4 Å². The van der Waals surface area contributed by atoms with Crippen LogP contribution < -0.4 is 10.6 Å². The number of rotatable bonds is 4. The summed E-state index contributed by atoms with van der Waals surface area (Å²) in [5, 5.41) is 6.82. The van der Waals surface area contributed by atoms with E-state index in [1.165, 1.54) is 12.4 Å². The average Bonchev–Trinajstić information content (AvgIpc) is 2.61. The maximum atomic E-state index is 12.3. The van der Waals surface area contributed by atoms with E-state index in [1.807, 2.05) is 12.1 Å². The number of halogens is 3. The van der Waals surface area contributed by atoms with Gasteiger partial charge < -0.3 is 10.6 Å². The lowest BCUT2D eigenvalue weighted by atomic mass is 10.2. The third-order valence-electron chi connectivity index (χ3n) is 3.23. The Morgan fingerprint density at radius 2 is 1.48 bits per heavy atom. The summed E-state index contributed by atoms with van der Waals surface area (Å²) in [5.41, 5.74) is 1.37. The van der Waals surface area contributed by atoms with Gasteiger partial charge in [0.2, 0.25) is 5.95 Å². The minimum absolute atomic E-state index is 0.274. The summed E-state index contributed by atoms with van der Waals surface area (Å²) in [6.45, 7) is 0. The fourth-order valence-corrected chi connectivity index (χ4v) is 2.52. The highest BCUT2D eigenvalue weighted by Crippen LogP contribution is 2.29. The lowest BCUT2D eigenvalue weighted by molar-refractivity contribution is 0.102. The number of hydrogen-bond donors (Lipinski definition) is 2. The summed E-state index contributed by atoms with van der Waals surface area (Å²) in [5.74, 6) is -0.0705. The standard InChI is InChI=1S/C17H11Cl3N4O/c18-11-4-1-2-6-13(11)24-17-21-8-10(9-22-17)16(25)23-14-7-3-5-12(19)15(14)20/h1-9H,(H,23,25)(H,21,22,24). The minimum atomic E-state index is -0.395. The van der Waals surface area contributed by atoms with Crippen LogP contribution in [0.2, 0.25) is 15.1 Å². The Hall–Kier alpha value is -2.34. The lowest BCUT2D eigenvalue weighted by Crippen LogP contribution is -2.13. The van der Waals surface area contributed by atoms with E-state index in [9.17, 15) is 4.79 Å². The molecule has 1 heterocycles. The minimum Gasteiger partial charge on any atom is -0.323 e. The number of aromatic nitrogens is 2. The maximum absolute atomic E-state index is 12.3. The van der Waals surface area contributed by atoms with Gasteiger partial charge in [-0.25, -0.2) is 9.97 Å². The second-order valence-electron chi connectivity index (χ2n) is 4.96. The Morgan fingerprint density at radius 3 is 2.20 bits per heavy atom. The van der Waals surface area contributed by atoms with Crippen molar-refractivity contribution in [3.63, 3.8) is 0 Å². The SMILES string of the molecule is O=C(Nc1cccc(Cl)c1Cl)c1cnc(Nc2ccccc2Cl)nc1. The van der Waals surface area contributed by atoms with E-state index in [0.29, 0.717) is 27.4 Å². The molecule has 3 aromatic rings. The Morgan fingerprint density at radius 1 is 0.840 bits per heavy atom. The monoisotopic (exact) mass is 392 g/mol. The summed E-state index contributed by atoms with van der Waals surface area (Å²) in [6, 6.07) is 12.2. The molecule has 0 saturated carbocycles. The molecule has 0 spiro atoms. The van der Waals surface area contributed by atoms with Crippen LogP contribution in [0.1, 0.15) is 10.4 Å². The van der Waals surface area contributed by atoms with E-state index in [4.69, 9.17) is 34.8 Å². The van der Waals surface area contributed by atoms with Crippen molar-refractivity contribution in [2.24, 2.45) is 0 Å². The molecule has 126 valence electrons. The molecule has 2 N–H and O–H groups in total. The zero-order chi connectivity index (χ0) is 17.8. The van der Waals surface area contributed by atoms with Gasteiger partial charge in [-0.1, -0.05) is 53.0 Å². The fraction of sp³-hybridized carbons (Fsp3) is 0. The molecule has 1 aromatic heterocycles. The van der Waals surface area contributed by atoms with Crippen LogP contribution in [0.25, 0.3) is 0 Å². The molecule has 0 bridgehead atoms. The third-order valence-corrected chi connectivity index (χ3v) is 4.38. The lowest BCUT2D eigenvalue weighted by Gasteiger charge is -2.09. The molecule has 0 aliphatic heterocycles. The zero-order valence-electron chi connectivity index (χ0n) is 12.6. The molecule has 5 nitrogen and oxygen atoms in total. The summed E-state index contributed by atoms with van der Waals surface area (Å²) >= 11 is 18.0. The molecule has 8 heteroatoms. The average molecular weight is 394 g/mol. The molecule has 25 heavy (non-hydrogen) atoms. The first kappa shape index (κ1) is 17.5. The second-order valence-corrected chi connectivity index (χ2v) is 6.15. The van der Waals surface area contributed by atoms with Crippen molar-refractivity contribution >= 4 is 58.0 Å². The van der Waals surface area contributed by atoms with Gasteiger partial charge in [0.25, 0.3) is 5.91 Å². The fourth-order valence-electron chi connectivity index (χ4n) is 1.99. The van der Waals surface area contributed by atoms with E-state index in [0.717, 1.165) is 0 Å². The van der Waals surface area contributed by atoms with Gasteiger partial charge in [-0.3, -0.25) is 4.79 Å². The molecule has 0 unspecified atom stereocenters. The molecule has 0 aliphatic carbocycles. The Kier molecular flexibility index (Phi) is 5.38. The highest BCUT2D eigenvalue weighted by molar-refractivity contribution is 6.44. The third kappa shape index (κ3) is 4.20. The smallest absolute Gasteiger partial charge is 0.258 e. The Bertz CT molecular complexity index is 916. The molecular weight excluding hydrogens is 383 g/mol. The van der Waals surface area contributed by atoms with Crippen LogP contribution in [-0.4, -0.2) is 15.9 Å². The zero-order valence-corrected chi connectivity index (χ0v) is 14.9. The van der Waals surface area contributed by atoms with Crippen LogP contribution in [0.3, 0.4) is 0 Å². The van der Waals surface area contributed by atoms with Crippen molar-refractivity contribution in [3.05, 3.63) is 75.5 Å². The molecule has 0 saturated heterocycles. The van der Waals surface area contributed by atoms with Crippen LogP contribution in [-0.2, 0) is 0 Å². The number of anilines is 3. The normalized spacial score (nSPS) is 10.4. The number of nitrogens with zero attached hydrogens (tertiary/aromatic N) is 2. The van der Waals surface area contributed by atoms with Crippen LogP contribution in [0.5, 0.6) is 0 Å². The van der Waals surface area contributed by atoms with Gasteiger partial charge in [-0.15, -0.1) is 0 Å². The van der Waals surface area contributed by atoms with Crippen molar-refractivity contribution in [1.29, 1.82) is 0 Å². The van der Waals surface area contributed by atoms with Crippen LogP contribution in [0.4, 0.5) is 17.3 Å². The number of nitrogens with one attached hydrogen (secondary N) is 2. The summed E-state index contributed by atoms with van der Waals surface area (Å²) in [6.07, 6.45) is 2.81. The molecule has 2 aromatic carbocycles. The predicted octanol–water partition coefficient (Wildman–Crippen LogP) is 5.43. The number of carbonyl (C=O) groups excluding carboxylic acids is 1. The Balaban J connectivity index is 1.72. The van der Waals surface area contributed by atoms with Gasteiger partial charge in [0.1, 0.15) is 0 Å². The summed E-state index contributed by atoms with van der Waals surface area (Å²) in [7, 11) is 0. The molecule has 1 amide bonds. The Labute approximate surface area is 159 Å². The van der Waals surface area contributed by atoms with E-state index in [1.54, 1.807) is 30.3 Å². The summed E-state index contributed by atoms with van der Waals surface area (Å²) < 4.78 is 0. The molecule has 0 fully saturated rings. The van der Waals surface area contributed by atoms with Gasteiger partial charge >= 0.3 is 0 Å². The number of para-hydroxylation sites is 1. The highest BCUT2D eigenvalue weighted by atomic mass is 35.5. The molecule has 0 atom stereocenters. The quantitative estimate of drug-likeness (QED) is 0.620. The number of hydrogen-bond acceptors (Lipinski definition) is 4. The molecule has 0 radical (unpaired) electrons. The first-order valence-electron chi connectivity index (χ1n) is 7.13. The van der Waals surface area contributed by atoms with Crippen LogP contribution >= 0.6 is 34.8 Å². The first-order valence-corrected chi connectivity index (χ1v) is 8.27. The second kappa shape index (κ2) is 7.70. The summed E-state index contributed by atoms with van der Waals surface area (Å²) in [4.78, 5) is 20.5. The van der Waals surface area contributed by atoms with Crippen molar-refractivity contribution in [1.82, 2.24) is 9.97 Å². The maximum Gasteiger partial charge on any atom is 0.258 e. The van der Waals surface area contributed by atoms with Crippen LogP contribution in [0, 0.1) is 0 Å². The number of benzene rings is 2. The van der Waals surface area contributed by atoms with Crippen molar-refractivity contribution in [2.45, 2.75) is 0 Å². The van der Waals surface area contributed by atoms with Gasteiger partial charge in [0.05, 0.1) is 32.0 Å². The molecular formula is C17H11Cl3N4O. The van der Waals surface area contributed by atoms with E-state index in [-0.39, 0.29) is 10.6 Å². The predicted molar refractivity (Wildman–Crippen MR) is 101 cm³/mol. The largest absolute Gasteiger partial charge is 0.323 e. The van der Waals surface area contributed by atoms with E-state index in [2.05, 4.69) is 20.6 Å². The number of carbonyl (C=O) groups is 1. The molecule has 0 aliphatic rings. The van der Waals surface area contributed by atoms with Crippen molar-refractivity contribution in [3.8, 4) is 0 Å². The number of amides is 1. The van der Waals surface area contributed by atoms with Crippen molar-refractivity contribution < 1.29 is 4.79 Å². The van der Waals surface area contributed by atoms with Crippen LogP contribution in [0.15, 0.2) is 54.9 Å². The van der Waals surface area contributed by atoms with Gasteiger partial charge in [-0.05, 0) is 24.3 Å². The van der Waals surface area contributed by atoms with Crippen molar-refractivity contribution in [2.75, 3.05) is 10.6 Å². The topological polar surface area (TPSA) is 66.9 Å². The van der Waals surface area contributed by atoms with E-state index >= 15 is 0 Å². The van der Waals surface area contributed by atoms with E-state index < -0.39 is 5.91 Å².